The Labute approximate surface area is 187 Å². The van der Waals surface area contributed by atoms with Crippen molar-refractivity contribution < 1.29 is 28.6 Å². The maximum absolute atomic E-state index is 14.7. The van der Waals surface area contributed by atoms with Crippen molar-refractivity contribution >= 4 is 17.4 Å². The summed E-state index contributed by atoms with van der Waals surface area (Å²) in [5, 5.41) is 11.1. The molecule has 0 bridgehead atoms. The SMILES string of the molecule is CCCCOc1cccc(C(O)=C2C(=O)C(=O)N(CCCOC)C2c2ccccc2F)c1. The van der Waals surface area contributed by atoms with Crippen molar-refractivity contribution in [2.45, 2.75) is 32.2 Å². The van der Waals surface area contributed by atoms with Crippen LogP contribution in [-0.4, -0.2) is 48.6 Å². The van der Waals surface area contributed by atoms with E-state index in [0.29, 0.717) is 30.9 Å². The van der Waals surface area contributed by atoms with Gasteiger partial charge in [0.05, 0.1) is 18.2 Å². The third-order valence-corrected chi connectivity index (χ3v) is 5.36. The molecule has 0 aromatic heterocycles. The van der Waals surface area contributed by atoms with Crippen molar-refractivity contribution in [3.8, 4) is 5.75 Å². The number of hydrogen-bond donors (Lipinski definition) is 1. The van der Waals surface area contributed by atoms with E-state index in [9.17, 15) is 19.1 Å². The number of unbranched alkanes of at least 4 members (excludes halogenated alkanes) is 1. The molecule has 7 heteroatoms. The second-order valence-corrected chi connectivity index (χ2v) is 7.59. The zero-order chi connectivity index (χ0) is 23.1. The van der Waals surface area contributed by atoms with Crippen LogP contribution in [0.1, 0.15) is 43.4 Å². The average molecular weight is 441 g/mol. The molecule has 0 spiro atoms. The number of ketones is 1. The summed E-state index contributed by atoms with van der Waals surface area (Å²) in [7, 11) is 1.54. The largest absolute Gasteiger partial charge is 0.507 e. The highest BCUT2D eigenvalue weighted by Crippen LogP contribution is 2.40. The molecule has 1 heterocycles. The fourth-order valence-electron chi connectivity index (χ4n) is 3.73. The lowest BCUT2D eigenvalue weighted by Crippen LogP contribution is -2.31. The molecular formula is C25H28FNO5. The number of ether oxygens (including phenoxy) is 2. The third-order valence-electron chi connectivity index (χ3n) is 5.36. The highest BCUT2D eigenvalue weighted by atomic mass is 19.1. The van der Waals surface area contributed by atoms with E-state index >= 15 is 0 Å². The van der Waals surface area contributed by atoms with Crippen LogP contribution in [0.15, 0.2) is 54.1 Å². The Morgan fingerprint density at radius 1 is 1.09 bits per heavy atom. The molecule has 3 rings (SSSR count). The maximum atomic E-state index is 14.7. The molecule has 1 N–H and O–H groups in total. The van der Waals surface area contributed by atoms with Crippen LogP contribution >= 0.6 is 0 Å². The first kappa shape index (κ1) is 23.5. The quantitative estimate of drug-likeness (QED) is 0.255. The van der Waals surface area contributed by atoms with Gasteiger partial charge < -0.3 is 19.5 Å². The van der Waals surface area contributed by atoms with E-state index in [1.165, 1.54) is 30.2 Å². The Bertz CT molecular complexity index is 1000. The Morgan fingerprint density at radius 2 is 1.88 bits per heavy atom. The molecule has 0 aliphatic carbocycles. The zero-order valence-electron chi connectivity index (χ0n) is 18.3. The van der Waals surface area contributed by atoms with Crippen LogP contribution in [0.3, 0.4) is 0 Å². The van der Waals surface area contributed by atoms with Gasteiger partial charge in [-0.25, -0.2) is 4.39 Å². The fraction of sp³-hybridized carbons (Fsp3) is 0.360. The second kappa shape index (κ2) is 10.9. The number of rotatable bonds is 10. The molecule has 1 aliphatic heterocycles. The molecule has 1 unspecified atom stereocenters. The number of aliphatic hydroxyl groups is 1. The molecule has 1 atom stereocenters. The summed E-state index contributed by atoms with van der Waals surface area (Å²) in [6, 6.07) is 11.6. The number of amides is 1. The van der Waals surface area contributed by atoms with E-state index in [0.717, 1.165) is 12.8 Å². The predicted octanol–water partition coefficient (Wildman–Crippen LogP) is 4.46. The lowest BCUT2D eigenvalue weighted by atomic mass is 9.95. The molecule has 32 heavy (non-hydrogen) atoms. The van der Waals surface area contributed by atoms with Crippen LogP contribution in [0, 0.1) is 5.82 Å². The predicted molar refractivity (Wildman–Crippen MR) is 119 cm³/mol. The molecule has 6 nitrogen and oxygen atoms in total. The molecule has 1 saturated heterocycles. The van der Waals surface area contributed by atoms with Gasteiger partial charge >= 0.3 is 0 Å². The number of carbonyl (C=O) groups is 2. The van der Waals surface area contributed by atoms with Crippen LogP contribution in [0.25, 0.3) is 5.76 Å². The van der Waals surface area contributed by atoms with Crippen molar-refractivity contribution in [2.24, 2.45) is 0 Å². The van der Waals surface area contributed by atoms with E-state index in [-0.39, 0.29) is 23.4 Å². The van der Waals surface area contributed by atoms with Crippen molar-refractivity contribution in [1.29, 1.82) is 0 Å². The van der Waals surface area contributed by atoms with Crippen LogP contribution in [-0.2, 0) is 14.3 Å². The molecule has 0 radical (unpaired) electrons. The molecule has 2 aromatic rings. The maximum Gasteiger partial charge on any atom is 0.295 e. The first-order valence-corrected chi connectivity index (χ1v) is 10.7. The Hall–Kier alpha value is -3.19. The third kappa shape index (κ3) is 4.99. The number of methoxy groups -OCH3 is 1. The minimum atomic E-state index is -1.03. The number of aliphatic hydroxyl groups excluding tert-OH is 1. The monoisotopic (exact) mass is 441 g/mol. The summed E-state index contributed by atoms with van der Waals surface area (Å²) in [6.07, 6.45) is 2.33. The second-order valence-electron chi connectivity index (χ2n) is 7.59. The minimum Gasteiger partial charge on any atom is -0.507 e. The number of benzene rings is 2. The van der Waals surface area contributed by atoms with Gasteiger partial charge in [-0.05, 0) is 31.0 Å². The van der Waals surface area contributed by atoms with Gasteiger partial charge in [-0.1, -0.05) is 43.7 Å². The van der Waals surface area contributed by atoms with Crippen LogP contribution in [0.4, 0.5) is 4.39 Å². The Balaban J connectivity index is 2.06. The van der Waals surface area contributed by atoms with E-state index in [4.69, 9.17) is 9.47 Å². The van der Waals surface area contributed by atoms with Gasteiger partial charge in [-0.3, -0.25) is 9.59 Å². The average Bonchev–Trinajstić information content (AvgIpc) is 3.04. The van der Waals surface area contributed by atoms with Crippen LogP contribution < -0.4 is 4.74 Å². The smallest absolute Gasteiger partial charge is 0.295 e. The van der Waals surface area contributed by atoms with E-state index in [2.05, 4.69) is 6.92 Å². The zero-order valence-corrected chi connectivity index (χ0v) is 18.3. The molecular weight excluding hydrogens is 413 g/mol. The first-order chi connectivity index (χ1) is 15.5. The number of carbonyl (C=O) groups excluding carboxylic acids is 2. The van der Waals surface area contributed by atoms with Gasteiger partial charge in [0, 0.05) is 31.4 Å². The number of Topliss-reactive ketones (excluding diaryl/α,β-unsaturated/α-hetero) is 1. The Kier molecular flexibility index (Phi) is 8.00. The summed E-state index contributed by atoms with van der Waals surface area (Å²) in [6.45, 7) is 3.15. The van der Waals surface area contributed by atoms with Gasteiger partial charge in [0.25, 0.3) is 11.7 Å². The number of halogens is 1. The van der Waals surface area contributed by atoms with Crippen molar-refractivity contribution in [1.82, 2.24) is 4.90 Å². The summed E-state index contributed by atoms with van der Waals surface area (Å²) in [5.74, 6) is -1.98. The van der Waals surface area contributed by atoms with Crippen molar-refractivity contribution in [2.75, 3.05) is 26.9 Å². The lowest BCUT2D eigenvalue weighted by molar-refractivity contribution is -0.140. The summed E-state index contributed by atoms with van der Waals surface area (Å²) >= 11 is 0. The van der Waals surface area contributed by atoms with E-state index in [1.54, 1.807) is 30.3 Å². The van der Waals surface area contributed by atoms with E-state index in [1.807, 2.05) is 0 Å². The normalized spacial score (nSPS) is 17.7. The molecule has 0 saturated carbocycles. The van der Waals surface area contributed by atoms with E-state index < -0.39 is 23.5 Å². The van der Waals surface area contributed by atoms with Crippen LogP contribution in [0.5, 0.6) is 5.75 Å². The standard InChI is InChI=1S/C25H28FNO5/c1-3-4-15-32-18-10-7-9-17(16-18)23(28)21-22(19-11-5-6-12-20(19)26)27(13-8-14-31-2)25(30)24(21)29/h5-7,9-12,16,22,28H,3-4,8,13-15H2,1-2H3. The minimum absolute atomic E-state index is 0.136. The number of nitrogens with zero attached hydrogens (tertiary/aromatic N) is 1. The van der Waals surface area contributed by atoms with Crippen LogP contribution in [0.2, 0.25) is 0 Å². The first-order valence-electron chi connectivity index (χ1n) is 10.7. The topological polar surface area (TPSA) is 76.1 Å². The van der Waals surface area contributed by atoms with Gasteiger partial charge in [0.15, 0.2) is 0 Å². The highest BCUT2D eigenvalue weighted by Gasteiger charge is 2.46. The van der Waals surface area contributed by atoms with Gasteiger partial charge in [0.1, 0.15) is 17.3 Å². The number of likely N-dealkylation sites (tertiary alicyclic amines) is 1. The fourth-order valence-corrected chi connectivity index (χ4v) is 3.73. The summed E-state index contributed by atoms with van der Waals surface area (Å²) < 4.78 is 25.5. The molecule has 2 aromatic carbocycles. The van der Waals surface area contributed by atoms with Gasteiger partial charge in [-0.2, -0.15) is 0 Å². The van der Waals surface area contributed by atoms with Crippen molar-refractivity contribution in [3.05, 3.63) is 71.0 Å². The summed E-state index contributed by atoms with van der Waals surface area (Å²) in [5.41, 5.74) is 0.347. The molecule has 1 amide bonds. The van der Waals surface area contributed by atoms with Gasteiger partial charge in [-0.15, -0.1) is 0 Å². The highest BCUT2D eigenvalue weighted by molar-refractivity contribution is 6.46. The lowest BCUT2D eigenvalue weighted by Gasteiger charge is -2.25. The van der Waals surface area contributed by atoms with Crippen molar-refractivity contribution in [3.63, 3.8) is 0 Å². The molecule has 170 valence electrons. The Morgan fingerprint density at radius 3 is 2.59 bits per heavy atom. The summed E-state index contributed by atoms with van der Waals surface area (Å²) in [4.78, 5) is 27.1. The number of hydrogen-bond acceptors (Lipinski definition) is 5. The van der Waals surface area contributed by atoms with Gasteiger partial charge in [0.2, 0.25) is 0 Å². The molecule has 1 fully saturated rings. The molecule has 1 aliphatic rings.